The quantitative estimate of drug-likeness (QED) is 0.835. The fraction of sp³-hybridized carbons (Fsp3) is 0.333. The lowest BCUT2D eigenvalue weighted by Gasteiger charge is -2.15. The van der Waals surface area contributed by atoms with Crippen molar-refractivity contribution in [1.82, 2.24) is 13.9 Å². The Morgan fingerprint density at radius 1 is 1.21 bits per heavy atom. The predicted octanol–water partition coefficient (Wildman–Crippen LogP) is 0.647. The van der Waals surface area contributed by atoms with Crippen molar-refractivity contribution < 1.29 is 8.42 Å². The number of nitrogens with zero attached hydrogens (tertiary/aromatic N) is 2. The molecule has 9 heteroatoms. The zero-order valence-corrected chi connectivity index (χ0v) is 15.1. The molecule has 0 spiro atoms. The summed E-state index contributed by atoms with van der Waals surface area (Å²) in [4.78, 5) is 23.3. The molecule has 1 heterocycles. The summed E-state index contributed by atoms with van der Waals surface area (Å²) in [5.74, 6) is 0. The van der Waals surface area contributed by atoms with Crippen LogP contribution in [0.15, 0.2) is 44.9 Å². The lowest BCUT2D eigenvalue weighted by molar-refractivity contribution is 0.551. The molecule has 2 aromatic rings. The van der Waals surface area contributed by atoms with Crippen LogP contribution in [-0.4, -0.2) is 23.6 Å². The second kappa shape index (κ2) is 6.92. The van der Waals surface area contributed by atoms with Crippen molar-refractivity contribution in [3.05, 3.63) is 61.9 Å². The number of aryl methyl sites for hydroxylation is 1. The number of rotatable bonds is 5. The highest BCUT2D eigenvalue weighted by Gasteiger charge is 2.23. The summed E-state index contributed by atoms with van der Waals surface area (Å²) in [6.45, 7) is 1.67. The van der Waals surface area contributed by atoms with E-state index in [1.165, 1.54) is 14.1 Å². The Labute approximate surface area is 144 Å². The predicted molar refractivity (Wildman–Crippen MR) is 91.9 cm³/mol. The highest BCUT2D eigenvalue weighted by molar-refractivity contribution is 7.89. The van der Waals surface area contributed by atoms with Crippen molar-refractivity contribution in [3.8, 4) is 0 Å². The molecule has 0 aliphatic heterocycles. The van der Waals surface area contributed by atoms with Crippen molar-refractivity contribution in [2.45, 2.75) is 24.3 Å². The third-order valence-electron chi connectivity index (χ3n) is 3.54. The molecular weight excluding hydrogens is 354 g/mol. The van der Waals surface area contributed by atoms with Gasteiger partial charge in [0, 0.05) is 31.4 Å². The third-order valence-corrected chi connectivity index (χ3v) is 5.49. The summed E-state index contributed by atoms with van der Waals surface area (Å²) in [7, 11) is -1.46. The highest BCUT2D eigenvalue weighted by Crippen LogP contribution is 2.17. The van der Waals surface area contributed by atoms with Crippen LogP contribution in [0.5, 0.6) is 0 Å². The topological polar surface area (TPSA) is 90.2 Å². The molecule has 1 N–H and O–H groups in total. The average molecular weight is 372 g/mol. The maximum atomic E-state index is 12.5. The average Bonchev–Trinajstić information content (AvgIpc) is 2.50. The summed E-state index contributed by atoms with van der Waals surface area (Å²) >= 11 is 6.07. The molecule has 0 amide bonds. The Kier molecular flexibility index (Phi) is 5.32. The number of sulfonamides is 1. The first-order valence-corrected chi connectivity index (χ1v) is 9.02. The Morgan fingerprint density at radius 2 is 1.83 bits per heavy atom. The molecule has 1 aromatic carbocycles. The van der Waals surface area contributed by atoms with Crippen LogP contribution in [0.4, 0.5) is 0 Å². The van der Waals surface area contributed by atoms with Gasteiger partial charge >= 0.3 is 5.69 Å². The van der Waals surface area contributed by atoms with Gasteiger partial charge in [0.25, 0.3) is 5.56 Å². The Bertz CT molecular complexity index is 979. The molecule has 0 saturated carbocycles. The van der Waals surface area contributed by atoms with E-state index in [-0.39, 0.29) is 0 Å². The molecular formula is C15H18ClN3O4S. The van der Waals surface area contributed by atoms with Gasteiger partial charge < -0.3 is 4.57 Å². The van der Waals surface area contributed by atoms with Crippen LogP contribution in [0.25, 0.3) is 0 Å². The molecule has 0 saturated heterocycles. The van der Waals surface area contributed by atoms with Crippen molar-refractivity contribution in [2.24, 2.45) is 14.1 Å². The minimum atomic E-state index is -4.07. The second-order valence-corrected chi connectivity index (χ2v) is 7.66. The van der Waals surface area contributed by atoms with Gasteiger partial charge in [-0.05, 0) is 25.0 Å². The lowest BCUT2D eigenvalue weighted by atomic mass is 10.1. The summed E-state index contributed by atoms with van der Waals surface area (Å²) in [5, 5.41) is 0.543. The van der Waals surface area contributed by atoms with Crippen molar-refractivity contribution in [2.75, 3.05) is 0 Å². The van der Waals surface area contributed by atoms with Gasteiger partial charge in [-0.25, -0.2) is 17.9 Å². The van der Waals surface area contributed by atoms with Gasteiger partial charge in [-0.1, -0.05) is 29.8 Å². The van der Waals surface area contributed by atoms with Crippen molar-refractivity contribution >= 4 is 21.6 Å². The zero-order valence-electron chi connectivity index (χ0n) is 13.5. The van der Waals surface area contributed by atoms with Gasteiger partial charge in [-0.2, -0.15) is 0 Å². The Morgan fingerprint density at radius 3 is 2.46 bits per heavy atom. The molecule has 0 fully saturated rings. The number of halogens is 1. The zero-order chi connectivity index (χ0) is 18.1. The molecule has 0 bridgehead atoms. The van der Waals surface area contributed by atoms with E-state index in [9.17, 15) is 18.0 Å². The van der Waals surface area contributed by atoms with E-state index < -0.39 is 32.2 Å². The van der Waals surface area contributed by atoms with Gasteiger partial charge in [0.05, 0.1) is 0 Å². The Hall–Kier alpha value is -1.90. The normalized spacial score (nSPS) is 13.0. The van der Waals surface area contributed by atoms with Crippen molar-refractivity contribution in [1.29, 1.82) is 0 Å². The van der Waals surface area contributed by atoms with Gasteiger partial charge in [0.15, 0.2) is 4.90 Å². The fourth-order valence-corrected chi connectivity index (χ4v) is 3.94. The maximum absolute atomic E-state index is 12.5. The summed E-state index contributed by atoms with van der Waals surface area (Å²) in [6, 6.07) is 6.64. The standard InChI is InChI=1S/C15H18ClN3O4S/c1-10(8-11-6-4-5-7-12(11)16)17-24(22,23)13-9-18(2)15(21)19(3)14(13)20/h4-7,9-10,17H,8H2,1-3H3. The van der Waals surface area contributed by atoms with Crippen LogP contribution >= 0.6 is 11.6 Å². The minimum Gasteiger partial charge on any atom is -0.302 e. The van der Waals surface area contributed by atoms with E-state index in [4.69, 9.17) is 11.6 Å². The first-order valence-electron chi connectivity index (χ1n) is 7.16. The molecule has 130 valence electrons. The molecule has 1 aromatic heterocycles. The monoisotopic (exact) mass is 371 g/mol. The SMILES string of the molecule is CC(Cc1ccccc1Cl)NS(=O)(=O)c1cn(C)c(=O)n(C)c1=O. The number of hydrogen-bond acceptors (Lipinski definition) is 4. The number of aromatic nitrogens is 2. The van der Waals surface area contributed by atoms with Gasteiger partial charge in [0.1, 0.15) is 0 Å². The van der Waals surface area contributed by atoms with Gasteiger partial charge in [0.2, 0.25) is 10.0 Å². The van der Waals surface area contributed by atoms with E-state index in [1.807, 2.05) is 6.07 Å². The molecule has 24 heavy (non-hydrogen) atoms. The molecule has 0 aliphatic carbocycles. The lowest BCUT2D eigenvalue weighted by Crippen LogP contribution is -2.43. The van der Waals surface area contributed by atoms with E-state index in [0.717, 1.165) is 20.9 Å². The minimum absolute atomic E-state index is 0.366. The fourth-order valence-electron chi connectivity index (χ4n) is 2.32. The Balaban J connectivity index is 2.31. The van der Waals surface area contributed by atoms with E-state index in [2.05, 4.69) is 4.72 Å². The van der Waals surface area contributed by atoms with Crippen LogP contribution in [0, 0.1) is 0 Å². The first kappa shape index (κ1) is 18.4. The van der Waals surface area contributed by atoms with E-state index >= 15 is 0 Å². The second-order valence-electron chi connectivity index (χ2n) is 5.57. The van der Waals surface area contributed by atoms with E-state index in [1.54, 1.807) is 25.1 Å². The van der Waals surface area contributed by atoms with Gasteiger partial charge in [-0.15, -0.1) is 0 Å². The van der Waals surface area contributed by atoms with Gasteiger partial charge in [-0.3, -0.25) is 9.36 Å². The third kappa shape index (κ3) is 3.77. The molecule has 0 radical (unpaired) electrons. The van der Waals surface area contributed by atoms with Crippen LogP contribution in [-0.2, 0) is 30.5 Å². The van der Waals surface area contributed by atoms with Crippen LogP contribution < -0.4 is 16.0 Å². The molecule has 0 aliphatic rings. The number of hydrogen-bond donors (Lipinski definition) is 1. The summed E-state index contributed by atoms with van der Waals surface area (Å²) < 4.78 is 29.2. The van der Waals surface area contributed by atoms with Crippen molar-refractivity contribution in [3.63, 3.8) is 0 Å². The summed E-state index contributed by atoms with van der Waals surface area (Å²) in [6.07, 6.45) is 1.39. The number of benzene rings is 1. The molecule has 2 rings (SSSR count). The summed E-state index contributed by atoms with van der Waals surface area (Å²) in [5.41, 5.74) is -0.665. The molecule has 1 atom stereocenters. The first-order chi connectivity index (χ1) is 11.1. The highest BCUT2D eigenvalue weighted by atomic mass is 35.5. The maximum Gasteiger partial charge on any atom is 0.330 e. The van der Waals surface area contributed by atoms with Crippen LogP contribution in [0.2, 0.25) is 5.02 Å². The van der Waals surface area contributed by atoms with Crippen LogP contribution in [0.1, 0.15) is 12.5 Å². The smallest absolute Gasteiger partial charge is 0.302 e. The molecule has 7 nitrogen and oxygen atoms in total. The van der Waals surface area contributed by atoms with Crippen LogP contribution in [0.3, 0.4) is 0 Å². The molecule has 1 unspecified atom stereocenters. The largest absolute Gasteiger partial charge is 0.330 e. The van der Waals surface area contributed by atoms with E-state index in [0.29, 0.717) is 11.4 Å². The number of nitrogens with one attached hydrogen (secondary N) is 1.